The van der Waals surface area contributed by atoms with Gasteiger partial charge in [0.15, 0.2) is 0 Å². The van der Waals surface area contributed by atoms with Gasteiger partial charge >= 0.3 is 0 Å². The van der Waals surface area contributed by atoms with Crippen LogP contribution < -0.4 is 0 Å². The van der Waals surface area contributed by atoms with Crippen molar-refractivity contribution in [3.63, 3.8) is 0 Å². The van der Waals surface area contributed by atoms with Gasteiger partial charge < -0.3 is 0 Å². The van der Waals surface area contributed by atoms with Crippen molar-refractivity contribution >= 4 is 32.8 Å². The number of benzene rings is 1. The van der Waals surface area contributed by atoms with Gasteiger partial charge in [-0.1, -0.05) is 23.8 Å². The minimum Gasteiger partial charge on any atom is -0.294 e. The van der Waals surface area contributed by atoms with E-state index in [1.807, 2.05) is 22.7 Å². The molecule has 3 heteroatoms. The van der Waals surface area contributed by atoms with Crippen LogP contribution in [0.15, 0.2) is 35.7 Å². The lowest BCUT2D eigenvalue weighted by Gasteiger charge is -2.32. The van der Waals surface area contributed by atoms with E-state index in [0.29, 0.717) is 6.04 Å². The first-order valence-electron chi connectivity index (χ1n) is 6.99. The van der Waals surface area contributed by atoms with Crippen molar-refractivity contribution < 1.29 is 0 Å². The number of aryl methyl sites for hydroxylation is 1. The molecule has 20 heavy (non-hydrogen) atoms. The van der Waals surface area contributed by atoms with Crippen molar-refractivity contribution in [3.05, 3.63) is 56.6 Å². The first-order chi connectivity index (χ1) is 9.74. The Morgan fingerprint density at radius 2 is 2.15 bits per heavy atom. The smallest absolute Gasteiger partial charge is 0.0790 e. The van der Waals surface area contributed by atoms with E-state index >= 15 is 0 Å². The molecule has 0 aliphatic carbocycles. The molecule has 2 aromatic heterocycles. The topological polar surface area (TPSA) is 3.24 Å². The molecule has 0 radical (unpaired) electrons. The zero-order chi connectivity index (χ0) is 13.7. The van der Waals surface area contributed by atoms with E-state index < -0.39 is 0 Å². The third-order valence-corrected chi connectivity index (χ3v) is 6.38. The van der Waals surface area contributed by atoms with Gasteiger partial charge in [0.05, 0.1) is 6.04 Å². The van der Waals surface area contributed by atoms with Crippen LogP contribution in [0.25, 0.3) is 10.1 Å². The average molecular weight is 299 g/mol. The van der Waals surface area contributed by atoms with Crippen LogP contribution in [-0.2, 0) is 6.42 Å². The Balaban J connectivity index is 1.95. The van der Waals surface area contributed by atoms with E-state index in [-0.39, 0.29) is 0 Å². The molecule has 0 saturated heterocycles. The number of hydrogen-bond acceptors (Lipinski definition) is 3. The molecule has 3 aromatic rings. The lowest BCUT2D eigenvalue weighted by molar-refractivity contribution is 0.273. The zero-order valence-electron chi connectivity index (χ0n) is 11.7. The normalized spacial score (nSPS) is 19.4. The maximum Gasteiger partial charge on any atom is 0.0790 e. The van der Waals surface area contributed by atoms with Crippen LogP contribution in [0.1, 0.15) is 26.9 Å². The summed E-state index contributed by atoms with van der Waals surface area (Å²) in [4.78, 5) is 5.52. The van der Waals surface area contributed by atoms with E-state index in [1.54, 1.807) is 10.4 Å². The molecule has 4 rings (SSSR count). The predicted octanol–water partition coefficient (Wildman–Crippen LogP) is 4.85. The summed E-state index contributed by atoms with van der Waals surface area (Å²) in [5, 5.41) is 3.68. The fourth-order valence-corrected chi connectivity index (χ4v) is 5.56. The van der Waals surface area contributed by atoms with Crippen LogP contribution in [-0.4, -0.2) is 18.5 Å². The van der Waals surface area contributed by atoms with Crippen molar-refractivity contribution in [3.8, 4) is 0 Å². The number of hydrogen-bond donors (Lipinski definition) is 0. The zero-order valence-corrected chi connectivity index (χ0v) is 13.4. The average Bonchev–Trinajstić information content (AvgIpc) is 3.05. The quantitative estimate of drug-likeness (QED) is 0.621. The molecule has 1 aliphatic heterocycles. The molecule has 1 aliphatic rings. The fourth-order valence-electron chi connectivity index (χ4n) is 3.17. The van der Waals surface area contributed by atoms with Crippen molar-refractivity contribution in [2.24, 2.45) is 0 Å². The fraction of sp³-hybridized carbons (Fsp3) is 0.294. The first-order valence-corrected chi connectivity index (χ1v) is 8.69. The van der Waals surface area contributed by atoms with E-state index in [4.69, 9.17) is 0 Å². The van der Waals surface area contributed by atoms with Crippen LogP contribution in [0, 0.1) is 6.92 Å². The minimum absolute atomic E-state index is 0.455. The third kappa shape index (κ3) is 1.85. The maximum absolute atomic E-state index is 2.50. The molecule has 0 N–H and O–H groups in total. The highest BCUT2D eigenvalue weighted by Gasteiger charge is 2.30. The molecular formula is C17H17NS2. The largest absolute Gasteiger partial charge is 0.294 e. The van der Waals surface area contributed by atoms with Gasteiger partial charge in [0.25, 0.3) is 0 Å². The Morgan fingerprint density at radius 1 is 1.25 bits per heavy atom. The molecule has 0 amide bonds. The Bertz CT molecular complexity index is 755. The second kappa shape index (κ2) is 4.69. The van der Waals surface area contributed by atoms with Gasteiger partial charge in [0.2, 0.25) is 0 Å². The molecule has 0 fully saturated rings. The number of rotatable bonds is 1. The maximum atomic E-state index is 2.50. The van der Waals surface area contributed by atoms with E-state index in [9.17, 15) is 0 Å². The van der Waals surface area contributed by atoms with Crippen LogP contribution in [0.5, 0.6) is 0 Å². The first kappa shape index (κ1) is 12.6. The molecule has 3 heterocycles. The van der Waals surface area contributed by atoms with Crippen molar-refractivity contribution in [1.82, 2.24) is 4.90 Å². The molecule has 0 bridgehead atoms. The van der Waals surface area contributed by atoms with Gasteiger partial charge in [-0.2, -0.15) is 0 Å². The molecule has 102 valence electrons. The Morgan fingerprint density at radius 3 is 2.95 bits per heavy atom. The van der Waals surface area contributed by atoms with E-state index in [1.165, 1.54) is 26.9 Å². The molecule has 1 unspecified atom stereocenters. The van der Waals surface area contributed by atoms with Crippen molar-refractivity contribution in [1.29, 1.82) is 0 Å². The lowest BCUT2D eigenvalue weighted by Crippen LogP contribution is -2.31. The molecular weight excluding hydrogens is 282 g/mol. The highest BCUT2D eigenvalue weighted by molar-refractivity contribution is 7.19. The summed E-state index contributed by atoms with van der Waals surface area (Å²) in [7, 11) is 2.25. The summed E-state index contributed by atoms with van der Waals surface area (Å²) in [6.07, 6.45) is 1.18. The van der Waals surface area contributed by atoms with Gasteiger partial charge in [0.1, 0.15) is 0 Å². The highest BCUT2D eigenvalue weighted by atomic mass is 32.1. The molecule has 0 saturated carbocycles. The SMILES string of the molecule is Cc1ccc2sc3c(c2c1)CCN(C)C3c1cccs1. The monoisotopic (exact) mass is 299 g/mol. The van der Waals surface area contributed by atoms with Crippen molar-refractivity contribution in [2.75, 3.05) is 13.6 Å². The molecule has 1 atom stereocenters. The second-order valence-corrected chi connectivity index (χ2v) is 7.66. The van der Waals surface area contributed by atoms with Crippen molar-refractivity contribution in [2.45, 2.75) is 19.4 Å². The van der Waals surface area contributed by atoms with Gasteiger partial charge in [-0.3, -0.25) is 4.90 Å². The molecule has 1 nitrogen and oxygen atoms in total. The second-order valence-electron chi connectivity index (χ2n) is 5.59. The summed E-state index contributed by atoms with van der Waals surface area (Å²) in [6, 6.07) is 11.8. The Hall–Kier alpha value is -1.16. The number of likely N-dealkylation sites (N-methyl/N-ethyl adjacent to an activating group) is 1. The van der Waals surface area contributed by atoms with Crippen LogP contribution in [0.4, 0.5) is 0 Å². The summed E-state index contributed by atoms with van der Waals surface area (Å²) in [5.41, 5.74) is 2.95. The molecule has 0 spiro atoms. The van der Waals surface area contributed by atoms with Crippen LogP contribution in [0.2, 0.25) is 0 Å². The summed E-state index contributed by atoms with van der Waals surface area (Å²) in [6.45, 7) is 3.34. The van der Waals surface area contributed by atoms with Crippen LogP contribution in [0.3, 0.4) is 0 Å². The number of nitrogens with zero attached hydrogens (tertiary/aromatic N) is 1. The standard InChI is InChI=1S/C17H17NS2/c1-11-5-6-14-13(10-11)12-7-8-18(2)16(17(12)20-14)15-4-3-9-19-15/h3-6,9-10,16H,7-8H2,1-2H3. The predicted molar refractivity (Wildman–Crippen MR) is 89.1 cm³/mol. The Kier molecular flexibility index (Phi) is 2.95. The highest BCUT2D eigenvalue weighted by Crippen LogP contribution is 2.44. The molecule has 1 aromatic carbocycles. The summed E-state index contributed by atoms with van der Waals surface area (Å²) < 4.78 is 1.44. The number of thiophene rings is 2. The van der Waals surface area contributed by atoms with Gasteiger partial charge in [0, 0.05) is 21.0 Å². The minimum atomic E-state index is 0.455. The Labute approximate surface area is 127 Å². The lowest BCUT2D eigenvalue weighted by atomic mass is 9.97. The van der Waals surface area contributed by atoms with Gasteiger partial charge in [-0.15, -0.1) is 22.7 Å². The van der Waals surface area contributed by atoms with Crippen LogP contribution >= 0.6 is 22.7 Å². The van der Waals surface area contributed by atoms with Gasteiger partial charge in [-0.05, 0) is 48.9 Å². The van der Waals surface area contributed by atoms with E-state index in [0.717, 1.165) is 6.54 Å². The summed E-state index contributed by atoms with van der Waals surface area (Å²) >= 11 is 3.86. The van der Waals surface area contributed by atoms with Gasteiger partial charge in [-0.25, -0.2) is 0 Å². The summed E-state index contributed by atoms with van der Waals surface area (Å²) in [5.74, 6) is 0. The third-order valence-electron chi connectivity index (χ3n) is 4.19. The number of fused-ring (bicyclic) bond motifs is 3. The van der Waals surface area contributed by atoms with E-state index in [2.05, 4.69) is 54.6 Å².